The number of halogens is 2. The Morgan fingerprint density at radius 1 is 1.38 bits per heavy atom. The molecule has 0 heterocycles. The van der Waals surface area contributed by atoms with Gasteiger partial charge in [0.15, 0.2) is 6.61 Å². The van der Waals surface area contributed by atoms with Crippen LogP contribution in [-0.2, 0) is 4.79 Å². The van der Waals surface area contributed by atoms with E-state index in [2.05, 4.69) is 43.0 Å². The minimum absolute atomic E-state index is 0.0300. The van der Waals surface area contributed by atoms with E-state index in [1.807, 2.05) is 0 Å². The zero-order chi connectivity index (χ0) is 21.2. The summed E-state index contributed by atoms with van der Waals surface area (Å²) in [5, 5.41) is 6.89. The Morgan fingerprint density at radius 3 is 2.66 bits per heavy atom. The van der Waals surface area contributed by atoms with Crippen molar-refractivity contribution in [1.29, 1.82) is 0 Å². The van der Waals surface area contributed by atoms with Gasteiger partial charge in [-0.05, 0) is 58.3 Å². The predicted molar refractivity (Wildman–Crippen MR) is 114 cm³/mol. The molecule has 1 atom stereocenters. The van der Waals surface area contributed by atoms with Crippen LogP contribution in [0.5, 0.6) is 5.75 Å². The predicted octanol–water partition coefficient (Wildman–Crippen LogP) is 3.53. The van der Waals surface area contributed by atoms with E-state index >= 15 is 0 Å². The molecule has 3 saturated carbocycles. The summed E-state index contributed by atoms with van der Waals surface area (Å²) in [6, 6.07) is 4.40. The van der Waals surface area contributed by atoms with Gasteiger partial charge < -0.3 is 20.3 Å². The lowest BCUT2D eigenvalue weighted by atomic mass is 9.44. The average Bonchev–Trinajstić information content (AvgIpc) is 2.59. The van der Waals surface area contributed by atoms with E-state index in [0.717, 1.165) is 44.3 Å². The minimum atomic E-state index is -0.561. The molecule has 1 aromatic carbocycles. The SMILES string of the molecule is C=C(C)C(CN(C)CCC)NC12CC(NC(=O)COc3ccc(Cl)c(F)c3)(C1)C2. The van der Waals surface area contributed by atoms with Crippen molar-refractivity contribution in [2.24, 2.45) is 0 Å². The number of benzene rings is 1. The molecule has 0 aromatic heterocycles. The fourth-order valence-corrected chi connectivity index (χ4v) is 4.72. The van der Waals surface area contributed by atoms with Gasteiger partial charge in [-0.15, -0.1) is 0 Å². The molecule has 1 aromatic rings. The van der Waals surface area contributed by atoms with E-state index in [1.165, 1.54) is 12.1 Å². The quantitative estimate of drug-likeness (QED) is 0.535. The second kappa shape index (κ2) is 8.62. The van der Waals surface area contributed by atoms with Crippen molar-refractivity contribution in [2.75, 3.05) is 26.7 Å². The molecule has 2 N–H and O–H groups in total. The Hall–Kier alpha value is -1.63. The van der Waals surface area contributed by atoms with Crippen molar-refractivity contribution < 1.29 is 13.9 Å². The lowest BCUT2D eigenvalue weighted by Crippen LogP contribution is -2.84. The van der Waals surface area contributed by atoms with Crippen LogP contribution in [0, 0.1) is 5.82 Å². The number of nitrogens with one attached hydrogen (secondary N) is 2. The third-order valence-electron chi connectivity index (χ3n) is 5.87. The number of hydrogen-bond donors (Lipinski definition) is 2. The van der Waals surface area contributed by atoms with Crippen molar-refractivity contribution in [3.63, 3.8) is 0 Å². The second-order valence-electron chi connectivity index (χ2n) is 8.81. The van der Waals surface area contributed by atoms with E-state index < -0.39 is 5.82 Å². The highest BCUT2D eigenvalue weighted by Gasteiger charge is 2.68. The molecule has 160 valence electrons. The van der Waals surface area contributed by atoms with E-state index in [9.17, 15) is 9.18 Å². The normalized spacial score (nSPS) is 25.7. The lowest BCUT2D eigenvalue weighted by molar-refractivity contribution is -0.144. The highest BCUT2D eigenvalue weighted by atomic mass is 35.5. The highest BCUT2D eigenvalue weighted by molar-refractivity contribution is 6.30. The molecular weight excluding hydrogens is 393 g/mol. The first-order chi connectivity index (χ1) is 13.7. The number of carbonyl (C=O) groups excluding carboxylic acids is 1. The molecule has 29 heavy (non-hydrogen) atoms. The van der Waals surface area contributed by atoms with Gasteiger partial charge in [-0.3, -0.25) is 4.79 Å². The average molecular weight is 424 g/mol. The Kier molecular flexibility index (Phi) is 6.56. The highest BCUT2D eigenvalue weighted by Crippen LogP contribution is 2.60. The largest absolute Gasteiger partial charge is 0.484 e. The zero-order valence-electron chi connectivity index (χ0n) is 17.5. The van der Waals surface area contributed by atoms with Gasteiger partial charge in [0.2, 0.25) is 0 Å². The van der Waals surface area contributed by atoms with Crippen LogP contribution in [0.4, 0.5) is 4.39 Å². The van der Waals surface area contributed by atoms with Gasteiger partial charge in [-0.1, -0.05) is 30.7 Å². The van der Waals surface area contributed by atoms with Gasteiger partial charge in [0.25, 0.3) is 5.91 Å². The summed E-state index contributed by atoms with van der Waals surface area (Å²) in [4.78, 5) is 14.6. The number of ether oxygens (including phenoxy) is 1. The van der Waals surface area contributed by atoms with Crippen LogP contribution < -0.4 is 15.4 Å². The molecule has 3 fully saturated rings. The molecule has 1 amide bonds. The molecule has 1 unspecified atom stereocenters. The Bertz CT molecular complexity index is 766. The minimum Gasteiger partial charge on any atom is -0.484 e. The van der Waals surface area contributed by atoms with Crippen molar-refractivity contribution >= 4 is 17.5 Å². The summed E-state index contributed by atoms with van der Waals surface area (Å²) in [5.74, 6) is -0.459. The van der Waals surface area contributed by atoms with Crippen LogP contribution >= 0.6 is 11.6 Å². The lowest BCUT2D eigenvalue weighted by Gasteiger charge is -2.71. The van der Waals surface area contributed by atoms with E-state index in [1.54, 1.807) is 6.07 Å². The first-order valence-electron chi connectivity index (χ1n) is 10.2. The molecule has 2 bridgehead atoms. The molecular formula is C22H31ClFN3O2. The number of likely N-dealkylation sites (N-methyl/N-ethyl adjacent to an activating group) is 1. The van der Waals surface area contributed by atoms with Crippen molar-refractivity contribution in [2.45, 2.75) is 56.7 Å². The first kappa shape index (κ1) is 22.1. The third-order valence-corrected chi connectivity index (χ3v) is 6.18. The van der Waals surface area contributed by atoms with Gasteiger partial charge in [0, 0.05) is 29.7 Å². The van der Waals surface area contributed by atoms with Gasteiger partial charge in [0.05, 0.1) is 5.02 Å². The Balaban J connectivity index is 1.43. The smallest absolute Gasteiger partial charge is 0.258 e. The van der Waals surface area contributed by atoms with Crippen molar-refractivity contribution in [3.05, 3.63) is 41.2 Å². The van der Waals surface area contributed by atoms with Gasteiger partial charge in [-0.25, -0.2) is 4.39 Å². The topological polar surface area (TPSA) is 53.6 Å². The number of carbonyl (C=O) groups is 1. The first-order valence-corrected chi connectivity index (χ1v) is 10.5. The number of rotatable bonds is 11. The van der Waals surface area contributed by atoms with Gasteiger partial charge >= 0.3 is 0 Å². The molecule has 4 rings (SSSR count). The fraction of sp³-hybridized carbons (Fsp3) is 0.591. The van der Waals surface area contributed by atoms with Crippen LogP contribution in [0.1, 0.15) is 39.5 Å². The summed E-state index contributed by atoms with van der Waals surface area (Å²) >= 11 is 5.65. The van der Waals surface area contributed by atoms with Crippen LogP contribution in [0.15, 0.2) is 30.4 Å². The van der Waals surface area contributed by atoms with Crippen molar-refractivity contribution in [1.82, 2.24) is 15.5 Å². The van der Waals surface area contributed by atoms with Gasteiger partial charge in [-0.2, -0.15) is 0 Å². The Labute approximate surface area is 177 Å². The summed E-state index contributed by atoms with van der Waals surface area (Å²) in [6.45, 7) is 10.3. The third kappa shape index (κ3) is 5.11. The fourth-order valence-electron chi connectivity index (χ4n) is 4.60. The summed E-state index contributed by atoms with van der Waals surface area (Å²) in [5.41, 5.74) is 1.11. The molecule has 0 radical (unpaired) electrons. The number of hydrogen-bond acceptors (Lipinski definition) is 4. The number of amides is 1. The standard InChI is InChI=1S/C22H31ClFN3O2/c1-5-8-27(4)10-19(15(2)3)25-21-12-22(13-21,14-21)26-20(28)11-29-16-6-7-17(23)18(24)9-16/h6-7,9,19,25H,2,5,8,10-14H2,1,3-4H3,(H,26,28). The Morgan fingerprint density at radius 2 is 2.07 bits per heavy atom. The molecule has 0 aliphatic heterocycles. The molecule has 0 saturated heterocycles. The van der Waals surface area contributed by atoms with Crippen LogP contribution in [-0.4, -0.2) is 54.7 Å². The van der Waals surface area contributed by atoms with Crippen molar-refractivity contribution in [3.8, 4) is 5.75 Å². The maximum Gasteiger partial charge on any atom is 0.258 e. The maximum atomic E-state index is 13.4. The van der Waals surface area contributed by atoms with E-state index in [4.69, 9.17) is 16.3 Å². The molecule has 5 nitrogen and oxygen atoms in total. The monoisotopic (exact) mass is 423 g/mol. The zero-order valence-corrected chi connectivity index (χ0v) is 18.2. The van der Waals surface area contributed by atoms with Crippen LogP contribution in [0.2, 0.25) is 5.02 Å². The van der Waals surface area contributed by atoms with Crippen LogP contribution in [0.3, 0.4) is 0 Å². The molecule has 3 aliphatic rings. The summed E-state index contributed by atoms with van der Waals surface area (Å²) < 4.78 is 18.8. The second-order valence-corrected chi connectivity index (χ2v) is 9.22. The molecule has 0 spiro atoms. The maximum absolute atomic E-state index is 13.4. The summed E-state index contributed by atoms with van der Waals surface area (Å²) in [7, 11) is 2.14. The van der Waals surface area contributed by atoms with E-state index in [0.29, 0.717) is 5.75 Å². The summed E-state index contributed by atoms with van der Waals surface area (Å²) in [6.07, 6.45) is 3.89. The van der Waals surface area contributed by atoms with E-state index in [-0.39, 0.29) is 34.7 Å². The van der Waals surface area contributed by atoms with Gasteiger partial charge in [0.1, 0.15) is 11.6 Å². The molecule has 7 heteroatoms. The number of nitrogens with zero attached hydrogens (tertiary/aromatic N) is 1. The molecule has 3 aliphatic carbocycles. The van der Waals surface area contributed by atoms with Crippen LogP contribution in [0.25, 0.3) is 0 Å².